The number of hydrogen-bond acceptors (Lipinski definition) is 15. The van der Waals surface area contributed by atoms with E-state index < -0.39 is 87.7 Å². The molecule has 19 nitrogen and oxygen atoms in total. The normalized spacial score (nSPS) is 38.2. The van der Waals surface area contributed by atoms with Crippen molar-refractivity contribution in [1.29, 1.82) is 0 Å². The van der Waals surface area contributed by atoms with Crippen molar-refractivity contribution in [3.05, 3.63) is 46.0 Å². The molecule has 24 heteroatoms. The molecule has 0 amide bonds. The molecule has 4 aromatic heterocycles. The number of aliphatic hydroxyl groups excluding tert-OH is 1. The number of halogens is 1. The van der Waals surface area contributed by atoms with Crippen molar-refractivity contribution in [3.8, 4) is 0 Å². The number of aromatic amines is 2. The minimum Gasteiger partial charge on any atom is -0.386 e. The zero-order chi connectivity index (χ0) is 31.0. The molecule has 10 atom stereocenters. The van der Waals surface area contributed by atoms with E-state index in [1.165, 1.54) is 10.9 Å². The van der Waals surface area contributed by atoms with Gasteiger partial charge in [0, 0.05) is 0 Å². The molecule has 3 aliphatic heterocycles. The molecular formula is C20H20BFN8O11P2S. The molecule has 3 fully saturated rings. The van der Waals surface area contributed by atoms with Crippen LogP contribution in [0.2, 0.25) is 0 Å². The molecule has 44 heavy (non-hydrogen) atoms. The van der Waals surface area contributed by atoms with Crippen LogP contribution in [0.15, 0.2) is 34.9 Å². The Bertz CT molecular complexity index is 1820. The van der Waals surface area contributed by atoms with Gasteiger partial charge in [-0.1, -0.05) is 0 Å². The average Bonchev–Trinajstić information content (AvgIpc) is 3.73. The van der Waals surface area contributed by atoms with Crippen molar-refractivity contribution < 1.29 is 46.5 Å². The largest absolute Gasteiger partial charge is 0.386 e. The van der Waals surface area contributed by atoms with Gasteiger partial charge in [-0.3, -0.25) is 27.8 Å². The highest BCUT2D eigenvalue weighted by atomic mass is 32.5. The molecule has 6 unspecified atom stereocenters. The van der Waals surface area contributed by atoms with Gasteiger partial charge in [-0.2, -0.15) is 0 Å². The van der Waals surface area contributed by atoms with Crippen LogP contribution < -0.4 is 11.1 Å². The Hall–Kier alpha value is -2.75. The van der Waals surface area contributed by atoms with Gasteiger partial charge in [-0.05, 0) is 11.8 Å². The number of nitrogens with one attached hydrogen (secondary N) is 2. The first-order valence-electron chi connectivity index (χ1n) is 12.7. The fraction of sp³-hybridized carbons (Fsp3) is 0.500. The summed E-state index contributed by atoms with van der Waals surface area (Å²) in [6, 6.07) is 0. The highest BCUT2D eigenvalue weighted by molar-refractivity contribution is 8.07. The molecule has 0 bridgehead atoms. The van der Waals surface area contributed by atoms with Crippen LogP contribution in [-0.2, 0) is 43.9 Å². The van der Waals surface area contributed by atoms with Gasteiger partial charge in [0.2, 0.25) is 7.57 Å². The summed E-state index contributed by atoms with van der Waals surface area (Å²) in [5, 5.41) is 11.2. The highest BCUT2D eigenvalue weighted by Crippen LogP contribution is 2.54. The molecule has 232 valence electrons. The first-order valence-corrected chi connectivity index (χ1v) is 16.9. The average molecular weight is 672 g/mol. The summed E-state index contributed by atoms with van der Waals surface area (Å²) < 4.78 is 65.0. The third kappa shape index (κ3) is 5.19. The Morgan fingerprint density at radius 2 is 1.45 bits per heavy atom. The molecule has 3 saturated heterocycles. The maximum Gasteiger partial charge on any atom is 0.325 e. The van der Waals surface area contributed by atoms with E-state index in [0.717, 1.165) is 23.5 Å². The van der Waals surface area contributed by atoms with Crippen LogP contribution >= 0.6 is 14.2 Å². The standard InChI is InChI=1S/C20H20BFN8O11P2S/c21-42(34)36-1-8-14(12(31)20(39-8)30-6-28-11-16(30)24-4-26-18(11)33)41-43(35,44)37-2-7-13(40-42)9(22)19(38-7)29-5-27-10-15(29)23-3-25-17(10)32/h3-9,12-14,19-20,31H,1-2H2,(H,35,44)(H,23,25,32)(H,24,26,33)/t7-,8-,9?,12?,13?,14?,19-,20-,42?,43?/m1/s1. The minimum atomic E-state index is -4.58. The van der Waals surface area contributed by atoms with Crippen LogP contribution in [0.3, 0.4) is 0 Å². The van der Waals surface area contributed by atoms with Crippen LogP contribution in [0.25, 0.3) is 22.3 Å². The van der Waals surface area contributed by atoms with Gasteiger partial charge in [0.1, 0.15) is 30.5 Å². The Balaban J connectivity index is 1.17. The molecule has 3 aliphatic rings. The van der Waals surface area contributed by atoms with Crippen molar-refractivity contribution in [1.82, 2.24) is 39.0 Å². The van der Waals surface area contributed by atoms with E-state index in [4.69, 9.17) is 46.9 Å². The second-order valence-electron chi connectivity index (χ2n) is 9.92. The predicted molar refractivity (Wildman–Crippen MR) is 147 cm³/mol. The molecule has 0 aromatic carbocycles. The van der Waals surface area contributed by atoms with Gasteiger partial charge in [-0.25, -0.2) is 24.3 Å². The second-order valence-corrected chi connectivity index (χ2v) is 14.3. The van der Waals surface area contributed by atoms with E-state index in [-0.39, 0.29) is 22.3 Å². The van der Waals surface area contributed by atoms with Crippen LogP contribution in [0, 0.1) is 0 Å². The van der Waals surface area contributed by atoms with Gasteiger partial charge in [0.05, 0.1) is 38.5 Å². The Kier molecular flexibility index (Phi) is 7.45. The number of aliphatic hydroxyl groups is 1. The zero-order valence-corrected chi connectivity index (χ0v) is 24.5. The molecule has 4 aromatic rings. The number of H-pyrrole nitrogens is 2. The third-order valence-electron chi connectivity index (χ3n) is 7.20. The van der Waals surface area contributed by atoms with Crippen molar-refractivity contribution in [2.24, 2.45) is 0 Å². The summed E-state index contributed by atoms with van der Waals surface area (Å²) >= 11 is 5.16. The van der Waals surface area contributed by atoms with Gasteiger partial charge in [0.15, 0.2) is 41.0 Å². The van der Waals surface area contributed by atoms with E-state index >= 15 is 4.39 Å². The molecule has 7 rings (SSSR count). The van der Waals surface area contributed by atoms with Crippen molar-refractivity contribution in [2.75, 3.05) is 13.2 Å². The van der Waals surface area contributed by atoms with Crippen molar-refractivity contribution >= 4 is 55.9 Å². The SMILES string of the molecule is [B]P1(=O)OC[C@H]2O[C@@H](n3cnc4c(=O)[nH]cnc43)C(O)C2OP(O)(=S)OC[C@H]2O[C@@H](n3cnc4c(=O)[nH]cnc43)C(F)C2O1. The second kappa shape index (κ2) is 11.0. The third-order valence-corrected chi connectivity index (χ3v) is 9.81. The maximum absolute atomic E-state index is 15.9. The quantitative estimate of drug-likeness (QED) is 0.148. The van der Waals surface area contributed by atoms with Crippen LogP contribution in [-0.4, -0.2) is 107 Å². The van der Waals surface area contributed by atoms with Crippen LogP contribution in [0.5, 0.6) is 0 Å². The van der Waals surface area contributed by atoms with Gasteiger partial charge < -0.3 is 43.0 Å². The Morgan fingerprint density at radius 1 is 0.909 bits per heavy atom. The molecule has 4 N–H and O–H groups in total. The fourth-order valence-electron chi connectivity index (χ4n) is 5.22. The summed E-state index contributed by atoms with van der Waals surface area (Å²) in [5.74, 6) is 0. The van der Waals surface area contributed by atoms with Crippen molar-refractivity contribution in [2.45, 2.75) is 49.1 Å². The van der Waals surface area contributed by atoms with Gasteiger partial charge in [0.25, 0.3) is 18.6 Å². The zero-order valence-electron chi connectivity index (χ0n) is 21.9. The van der Waals surface area contributed by atoms with E-state index in [1.807, 2.05) is 0 Å². The smallest absolute Gasteiger partial charge is 0.325 e. The monoisotopic (exact) mass is 672 g/mol. The number of aromatic nitrogens is 8. The fourth-order valence-corrected chi connectivity index (χ4v) is 7.67. The maximum atomic E-state index is 15.9. The first-order chi connectivity index (χ1) is 20.9. The molecule has 0 aliphatic carbocycles. The van der Waals surface area contributed by atoms with Gasteiger partial charge in [-0.15, -0.1) is 0 Å². The summed E-state index contributed by atoms with van der Waals surface area (Å²) in [5.41, 5.74) is -1.20. The molecule has 7 heterocycles. The van der Waals surface area contributed by atoms with Crippen molar-refractivity contribution in [3.63, 3.8) is 0 Å². The van der Waals surface area contributed by atoms with E-state index in [9.17, 15) is 24.2 Å². The number of ether oxygens (including phenoxy) is 2. The lowest BCUT2D eigenvalue weighted by Gasteiger charge is -2.30. The number of fused-ring (bicyclic) bond motifs is 4. The lowest BCUT2D eigenvalue weighted by atomic mass is 10.1. The molecule has 0 saturated carbocycles. The molecule has 2 radical (unpaired) electrons. The summed E-state index contributed by atoms with van der Waals surface area (Å²) in [6.45, 7) is -5.52. The number of imidazole rings is 2. The highest BCUT2D eigenvalue weighted by Gasteiger charge is 2.53. The lowest BCUT2D eigenvalue weighted by Crippen LogP contribution is -2.38. The van der Waals surface area contributed by atoms with Crippen LogP contribution in [0.1, 0.15) is 12.5 Å². The number of nitrogens with zero attached hydrogens (tertiary/aromatic N) is 6. The predicted octanol–water partition coefficient (Wildman–Crippen LogP) is -0.943. The number of rotatable bonds is 2. The summed E-state index contributed by atoms with van der Waals surface area (Å²) in [6.07, 6.45) is -7.74. The van der Waals surface area contributed by atoms with E-state index in [2.05, 4.69) is 29.9 Å². The van der Waals surface area contributed by atoms with E-state index in [0.29, 0.717) is 0 Å². The summed E-state index contributed by atoms with van der Waals surface area (Å²) in [4.78, 5) is 55.8. The minimum absolute atomic E-state index is 0.0126. The van der Waals surface area contributed by atoms with Crippen LogP contribution in [0.4, 0.5) is 4.39 Å². The lowest BCUT2D eigenvalue weighted by molar-refractivity contribution is -0.0572. The number of alkyl halides is 1. The summed E-state index contributed by atoms with van der Waals surface area (Å²) in [7, 11) is 1.25. The first kappa shape index (κ1) is 29.9. The topological polar surface area (TPSA) is 240 Å². The Morgan fingerprint density at radius 3 is 2.09 bits per heavy atom. The van der Waals surface area contributed by atoms with Gasteiger partial charge >= 0.3 is 6.72 Å². The molecule has 0 spiro atoms. The number of hydrogen-bond donors (Lipinski definition) is 4. The van der Waals surface area contributed by atoms with E-state index in [1.54, 1.807) is 0 Å². The molecular weight excluding hydrogens is 652 g/mol. The Labute approximate surface area is 249 Å².